The van der Waals surface area contributed by atoms with Crippen molar-refractivity contribution in [1.29, 1.82) is 0 Å². The zero-order chi connectivity index (χ0) is 15.7. The maximum atomic E-state index is 12.5. The van der Waals surface area contributed by atoms with Gasteiger partial charge in [-0.05, 0) is 30.2 Å². The maximum Gasteiger partial charge on any atom is 0.416 e. The molecule has 0 saturated carbocycles. The third-order valence-corrected chi connectivity index (χ3v) is 2.42. The van der Waals surface area contributed by atoms with Gasteiger partial charge in [-0.15, -0.1) is 12.4 Å². The van der Waals surface area contributed by atoms with Crippen molar-refractivity contribution in [2.24, 2.45) is 5.73 Å². The summed E-state index contributed by atoms with van der Waals surface area (Å²) < 4.78 is 75.1. The van der Waals surface area contributed by atoms with Gasteiger partial charge in [0, 0.05) is 0 Å². The molecular weight excluding hydrogens is 328 g/mol. The summed E-state index contributed by atoms with van der Waals surface area (Å²) in [6, 6.07) is -0.703. The average molecular weight is 338 g/mol. The Bertz CT molecular complexity index is 482. The van der Waals surface area contributed by atoms with E-state index in [1.54, 1.807) is 0 Å². The van der Waals surface area contributed by atoms with E-state index in [1.807, 2.05) is 0 Å². The van der Waals surface area contributed by atoms with E-state index in [-0.39, 0.29) is 18.5 Å². The predicted molar refractivity (Wildman–Crippen MR) is 63.0 cm³/mol. The Kier molecular flexibility index (Phi) is 6.06. The number of carboxylic acids is 1. The van der Waals surface area contributed by atoms with Gasteiger partial charge in [0.1, 0.15) is 6.04 Å². The normalized spacial score (nSPS) is 13.5. The minimum Gasteiger partial charge on any atom is -0.480 e. The van der Waals surface area contributed by atoms with Crippen LogP contribution in [-0.4, -0.2) is 17.1 Å². The van der Waals surface area contributed by atoms with Gasteiger partial charge in [-0.2, -0.15) is 26.3 Å². The molecule has 3 nitrogen and oxygen atoms in total. The second-order valence-corrected chi connectivity index (χ2v) is 4.06. The zero-order valence-corrected chi connectivity index (χ0v) is 10.9. The highest BCUT2D eigenvalue weighted by Gasteiger charge is 2.37. The van der Waals surface area contributed by atoms with Gasteiger partial charge >= 0.3 is 18.3 Å². The summed E-state index contributed by atoms with van der Waals surface area (Å²) >= 11 is 0. The quantitative estimate of drug-likeness (QED) is 0.833. The number of rotatable bonds is 3. The summed E-state index contributed by atoms with van der Waals surface area (Å²) in [5.74, 6) is -1.52. The van der Waals surface area contributed by atoms with Crippen molar-refractivity contribution in [1.82, 2.24) is 0 Å². The van der Waals surface area contributed by atoms with Gasteiger partial charge in [0.2, 0.25) is 0 Å². The Balaban J connectivity index is 0.00000400. The van der Waals surface area contributed by atoms with Gasteiger partial charge in [-0.25, -0.2) is 0 Å². The lowest BCUT2D eigenvalue weighted by atomic mass is 10.00. The Morgan fingerprint density at radius 1 is 1.05 bits per heavy atom. The number of carbonyl (C=O) groups is 1. The third-order valence-electron chi connectivity index (χ3n) is 2.42. The lowest BCUT2D eigenvalue weighted by Crippen LogP contribution is -2.32. The first-order valence-electron chi connectivity index (χ1n) is 5.18. The van der Waals surface area contributed by atoms with Crippen LogP contribution in [0.1, 0.15) is 16.7 Å². The fraction of sp³-hybridized carbons (Fsp3) is 0.364. The van der Waals surface area contributed by atoms with Crippen molar-refractivity contribution in [3.63, 3.8) is 0 Å². The van der Waals surface area contributed by atoms with Gasteiger partial charge in [0.05, 0.1) is 11.1 Å². The summed E-state index contributed by atoms with van der Waals surface area (Å²) in [5, 5.41) is 8.53. The molecule has 0 heterocycles. The molecule has 0 aliphatic carbocycles. The molecule has 3 N–H and O–H groups in total. The number of hydrogen-bond donors (Lipinski definition) is 2. The summed E-state index contributed by atoms with van der Waals surface area (Å²) in [6.45, 7) is 0. The third kappa shape index (κ3) is 5.43. The standard InChI is InChI=1S/C11H9F6NO2.ClH/c12-10(13,14)6-1-5(3-8(18)9(19)20)2-7(4-6)11(15,16)17;/h1-2,4,8H,3,18H2,(H,19,20);1H/t8-;/m0./s1. The van der Waals surface area contributed by atoms with Crippen LogP contribution in [0.15, 0.2) is 18.2 Å². The smallest absolute Gasteiger partial charge is 0.416 e. The minimum atomic E-state index is -4.97. The topological polar surface area (TPSA) is 63.3 Å². The van der Waals surface area contributed by atoms with Gasteiger partial charge in [0.25, 0.3) is 0 Å². The molecule has 0 radical (unpaired) electrons. The van der Waals surface area contributed by atoms with Gasteiger partial charge in [-0.3, -0.25) is 4.79 Å². The van der Waals surface area contributed by atoms with Crippen LogP contribution in [0.3, 0.4) is 0 Å². The molecule has 1 aromatic carbocycles. The molecule has 0 unspecified atom stereocenters. The summed E-state index contributed by atoms with van der Waals surface area (Å²) in [6.07, 6.45) is -10.6. The van der Waals surface area contributed by atoms with E-state index in [0.29, 0.717) is 12.1 Å². The highest BCUT2D eigenvalue weighted by atomic mass is 35.5. The molecule has 0 spiro atoms. The van der Waals surface area contributed by atoms with Crippen LogP contribution in [0.25, 0.3) is 0 Å². The first kappa shape index (κ1) is 19.5. The fourth-order valence-electron chi connectivity index (χ4n) is 1.48. The molecule has 0 aromatic heterocycles. The van der Waals surface area contributed by atoms with Gasteiger partial charge in [0.15, 0.2) is 0 Å². The van der Waals surface area contributed by atoms with E-state index in [0.717, 1.165) is 0 Å². The van der Waals surface area contributed by atoms with Crippen LogP contribution in [0.5, 0.6) is 0 Å². The van der Waals surface area contributed by atoms with E-state index in [4.69, 9.17) is 10.8 Å². The summed E-state index contributed by atoms with van der Waals surface area (Å²) in [4.78, 5) is 10.5. The molecule has 120 valence electrons. The largest absolute Gasteiger partial charge is 0.480 e. The van der Waals surface area contributed by atoms with E-state index in [2.05, 4.69) is 0 Å². The number of alkyl halides is 6. The van der Waals surface area contributed by atoms with Gasteiger partial charge in [-0.1, -0.05) is 0 Å². The van der Waals surface area contributed by atoms with Crippen LogP contribution in [0, 0.1) is 0 Å². The van der Waals surface area contributed by atoms with Gasteiger partial charge < -0.3 is 10.8 Å². The number of aliphatic carboxylic acids is 1. The minimum absolute atomic E-state index is 0. The van der Waals surface area contributed by atoms with Crippen molar-refractivity contribution in [3.05, 3.63) is 34.9 Å². The van der Waals surface area contributed by atoms with Crippen molar-refractivity contribution in [3.8, 4) is 0 Å². The lowest BCUT2D eigenvalue weighted by molar-refractivity contribution is -0.143. The summed E-state index contributed by atoms with van der Waals surface area (Å²) in [5.41, 5.74) is 1.66. The number of carboxylic acid groups (broad SMARTS) is 1. The molecule has 1 atom stereocenters. The zero-order valence-electron chi connectivity index (χ0n) is 10.1. The molecule has 10 heteroatoms. The SMILES string of the molecule is Cl.N[C@@H](Cc1cc(C(F)(F)F)cc(C(F)(F)F)c1)C(=O)O. The molecule has 0 amide bonds. The van der Waals surface area contributed by atoms with E-state index in [9.17, 15) is 31.1 Å². The first-order chi connectivity index (χ1) is 8.91. The van der Waals surface area contributed by atoms with Crippen molar-refractivity contribution >= 4 is 18.4 Å². The van der Waals surface area contributed by atoms with Crippen LogP contribution in [-0.2, 0) is 23.6 Å². The number of halogens is 7. The number of benzene rings is 1. The predicted octanol–water partition coefficient (Wildman–Crippen LogP) is 3.10. The van der Waals surface area contributed by atoms with Crippen molar-refractivity contribution in [2.45, 2.75) is 24.8 Å². The van der Waals surface area contributed by atoms with Crippen LogP contribution in [0.4, 0.5) is 26.3 Å². The van der Waals surface area contributed by atoms with E-state index in [1.165, 1.54) is 0 Å². The average Bonchev–Trinajstić information content (AvgIpc) is 2.26. The molecule has 0 aliphatic heterocycles. The maximum absolute atomic E-state index is 12.5. The molecule has 1 aromatic rings. The van der Waals surface area contributed by atoms with E-state index < -0.39 is 47.5 Å². The lowest BCUT2D eigenvalue weighted by Gasteiger charge is -2.15. The highest BCUT2D eigenvalue weighted by Crippen LogP contribution is 2.36. The number of hydrogen-bond acceptors (Lipinski definition) is 2. The number of nitrogens with two attached hydrogens (primary N) is 1. The van der Waals surface area contributed by atoms with Crippen LogP contribution >= 0.6 is 12.4 Å². The van der Waals surface area contributed by atoms with Crippen molar-refractivity contribution in [2.75, 3.05) is 0 Å². The molecule has 21 heavy (non-hydrogen) atoms. The Morgan fingerprint density at radius 3 is 1.71 bits per heavy atom. The van der Waals surface area contributed by atoms with Crippen LogP contribution < -0.4 is 5.73 Å². The first-order valence-corrected chi connectivity index (χ1v) is 5.18. The van der Waals surface area contributed by atoms with Crippen molar-refractivity contribution < 1.29 is 36.2 Å². The van der Waals surface area contributed by atoms with Crippen LogP contribution in [0.2, 0.25) is 0 Å². The molecule has 0 aliphatic rings. The molecule has 0 saturated heterocycles. The monoisotopic (exact) mass is 337 g/mol. The highest BCUT2D eigenvalue weighted by molar-refractivity contribution is 5.85. The Morgan fingerprint density at radius 2 is 1.43 bits per heavy atom. The molecule has 0 bridgehead atoms. The Hall–Kier alpha value is -1.48. The Labute approximate surface area is 121 Å². The second-order valence-electron chi connectivity index (χ2n) is 4.06. The second kappa shape index (κ2) is 6.52. The van der Waals surface area contributed by atoms with E-state index >= 15 is 0 Å². The molecule has 0 fully saturated rings. The molecule has 1 rings (SSSR count). The molecular formula is C11H10ClF6NO2. The summed E-state index contributed by atoms with van der Waals surface area (Å²) in [7, 11) is 0. The fourth-order valence-corrected chi connectivity index (χ4v) is 1.48.